The summed E-state index contributed by atoms with van der Waals surface area (Å²) in [5, 5.41) is 0. The molecule has 2 fully saturated rings. The summed E-state index contributed by atoms with van der Waals surface area (Å²) in [6, 6.07) is 0. The van der Waals surface area contributed by atoms with Crippen molar-refractivity contribution >= 4 is 0 Å². The van der Waals surface area contributed by atoms with Crippen molar-refractivity contribution in [2.24, 2.45) is 5.73 Å². The highest BCUT2D eigenvalue weighted by molar-refractivity contribution is 5.02. The fourth-order valence-electron chi connectivity index (χ4n) is 3.81. The predicted octanol–water partition coefficient (Wildman–Crippen LogP) is 1.30. The third-order valence-corrected chi connectivity index (χ3v) is 4.66. The zero-order valence-electron chi connectivity index (χ0n) is 13.3. The Morgan fingerprint density at radius 1 is 1.00 bits per heavy atom. The van der Waals surface area contributed by atoms with Crippen LogP contribution >= 0.6 is 0 Å². The van der Waals surface area contributed by atoms with Crippen LogP contribution in [-0.2, 0) is 4.74 Å². The van der Waals surface area contributed by atoms with Crippen LogP contribution in [0.15, 0.2) is 0 Å². The van der Waals surface area contributed by atoms with Gasteiger partial charge in [-0.25, -0.2) is 0 Å². The second kappa shape index (κ2) is 4.99. The van der Waals surface area contributed by atoms with E-state index in [1.807, 2.05) is 0 Å². The molecule has 112 valence electrons. The summed E-state index contributed by atoms with van der Waals surface area (Å²) in [7, 11) is 2.20. The van der Waals surface area contributed by atoms with Gasteiger partial charge >= 0.3 is 0 Å². The standard InChI is InChI=1S/C15H31N3O/c1-13(2)11-18(12-14(3,4)19-13)15(10-16)6-8-17(5)9-7-15/h6-12,16H2,1-5H3. The van der Waals surface area contributed by atoms with E-state index < -0.39 is 0 Å². The number of piperidine rings is 1. The van der Waals surface area contributed by atoms with Gasteiger partial charge in [0.2, 0.25) is 0 Å². The largest absolute Gasteiger partial charge is 0.367 e. The van der Waals surface area contributed by atoms with Gasteiger partial charge in [-0.3, -0.25) is 4.90 Å². The van der Waals surface area contributed by atoms with E-state index in [9.17, 15) is 0 Å². The molecular weight excluding hydrogens is 238 g/mol. The molecule has 0 aromatic heterocycles. The number of likely N-dealkylation sites (tertiary alicyclic amines) is 1. The molecule has 0 amide bonds. The molecule has 0 aliphatic carbocycles. The average Bonchev–Trinajstić information content (AvgIpc) is 2.26. The van der Waals surface area contributed by atoms with Crippen LogP contribution in [0, 0.1) is 0 Å². The monoisotopic (exact) mass is 269 g/mol. The van der Waals surface area contributed by atoms with E-state index in [1.54, 1.807) is 0 Å². The Balaban J connectivity index is 2.18. The second-order valence-corrected chi connectivity index (χ2v) is 7.71. The normalized spacial score (nSPS) is 31.3. The maximum absolute atomic E-state index is 6.20. The lowest BCUT2D eigenvalue weighted by Crippen LogP contribution is -2.68. The summed E-state index contributed by atoms with van der Waals surface area (Å²) in [5.41, 5.74) is 6.18. The molecule has 2 aliphatic rings. The Hall–Kier alpha value is -0.160. The first-order chi connectivity index (χ1) is 8.68. The molecule has 2 aliphatic heterocycles. The third-order valence-electron chi connectivity index (χ3n) is 4.66. The lowest BCUT2D eigenvalue weighted by molar-refractivity contribution is -0.202. The van der Waals surface area contributed by atoms with E-state index in [-0.39, 0.29) is 16.7 Å². The van der Waals surface area contributed by atoms with Crippen molar-refractivity contribution in [2.75, 3.05) is 39.8 Å². The molecule has 0 bridgehead atoms. The van der Waals surface area contributed by atoms with Gasteiger partial charge in [-0.05, 0) is 60.7 Å². The first-order valence-corrected chi connectivity index (χ1v) is 7.52. The highest BCUT2D eigenvalue weighted by Crippen LogP contribution is 2.36. The highest BCUT2D eigenvalue weighted by atomic mass is 16.5. The van der Waals surface area contributed by atoms with Gasteiger partial charge in [-0.1, -0.05) is 0 Å². The quantitative estimate of drug-likeness (QED) is 0.820. The minimum atomic E-state index is -0.0900. The van der Waals surface area contributed by atoms with Gasteiger partial charge in [-0.15, -0.1) is 0 Å². The lowest BCUT2D eigenvalue weighted by Gasteiger charge is -2.56. The van der Waals surface area contributed by atoms with E-state index >= 15 is 0 Å². The van der Waals surface area contributed by atoms with Crippen LogP contribution in [0.4, 0.5) is 0 Å². The molecule has 0 atom stereocenters. The minimum absolute atomic E-state index is 0.0900. The van der Waals surface area contributed by atoms with Gasteiger partial charge in [0.05, 0.1) is 11.2 Å². The van der Waals surface area contributed by atoms with E-state index in [4.69, 9.17) is 10.5 Å². The van der Waals surface area contributed by atoms with Crippen molar-refractivity contribution in [3.05, 3.63) is 0 Å². The lowest BCUT2D eigenvalue weighted by atomic mass is 9.82. The van der Waals surface area contributed by atoms with Crippen LogP contribution in [0.1, 0.15) is 40.5 Å². The molecule has 0 unspecified atom stereocenters. The smallest absolute Gasteiger partial charge is 0.0761 e. The molecule has 2 N–H and O–H groups in total. The zero-order chi connectivity index (χ0) is 14.3. The minimum Gasteiger partial charge on any atom is -0.367 e. The van der Waals surface area contributed by atoms with E-state index in [2.05, 4.69) is 44.5 Å². The van der Waals surface area contributed by atoms with Gasteiger partial charge in [0.1, 0.15) is 0 Å². The fourth-order valence-corrected chi connectivity index (χ4v) is 3.81. The van der Waals surface area contributed by atoms with Crippen molar-refractivity contribution in [2.45, 2.75) is 57.3 Å². The van der Waals surface area contributed by atoms with Gasteiger partial charge in [-0.2, -0.15) is 0 Å². The first kappa shape index (κ1) is 15.2. The summed E-state index contributed by atoms with van der Waals surface area (Å²) in [6.45, 7) is 13.8. The fraction of sp³-hybridized carbons (Fsp3) is 1.00. The average molecular weight is 269 g/mol. The number of nitrogens with zero attached hydrogens (tertiary/aromatic N) is 2. The Bertz CT molecular complexity index is 303. The Kier molecular flexibility index (Phi) is 4.00. The molecule has 2 saturated heterocycles. The molecular formula is C15H31N3O. The number of hydrogen-bond donors (Lipinski definition) is 1. The van der Waals surface area contributed by atoms with Crippen molar-refractivity contribution < 1.29 is 4.74 Å². The van der Waals surface area contributed by atoms with Gasteiger partial charge in [0, 0.05) is 25.2 Å². The molecule has 0 radical (unpaired) electrons. The molecule has 0 saturated carbocycles. The van der Waals surface area contributed by atoms with Crippen LogP contribution in [-0.4, -0.2) is 66.3 Å². The molecule has 2 heterocycles. The Morgan fingerprint density at radius 3 is 1.89 bits per heavy atom. The summed E-state index contributed by atoms with van der Waals surface area (Å²) >= 11 is 0. The van der Waals surface area contributed by atoms with Crippen LogP contribution in [0.2, 0.25) is 0 Å². The second-order valence-electron chi connectivity index (χ2n) is 7.71. The van der Waals surface area contributed by atoms with Gasteiger partial charge in [0.15, 0.2) is 0 Å². The van der Waals surface area contributed by atoms with Gasteiger partial charge in [0.25, 0.3) is 0 Å². The molecule has 19 heavy (non-hydrogen) atoms. The molecule has 2 rings (SSSR count). The van der Waals surface area contributed by atoms with Crippen molar-refractivity contribution in [1.29, 1.82) is 0 Å². The summed E-state index contributed by atoms with van der Waals surface area (Å²) in [4.78, 5) is 5.02. The number of rotatable bonds is 2. The number of morpholine rings is 1. The highest BCUT2D eigenvalue weighted by Gasteiger charge is 2.47. The number of ether oxygens (including phenoxy) is 1. The van der Waals surface area contributed by atoms with Crippen LogP contribution in [0.3, 0.4) is 0 Å². The Labute approximate surface area is 118 Å². The molecule has 4 nitrogen and oxygen atoms in total. The maximum atomic E-state index is 6.20. The third kappa shape index (κ3) is 3.30. The Morgan fingerprint density at radius 2 is 1.47 bits per heavy atom. The van der Waals surface area contributed by atoms with Crippen molar-refractivity contribution in [3.63, 3.8) is 0 Å². The first-order valence-electron chi connectivity index (χ1n) is 7.52. The molecule has 4 heteroatoms. The van der Waals surface area contributed by atoms with Gasteiger partial charge < -0.3 is 15.4 Å². The summed E-state index contributed by atoms with van der Waals surface area (Å²) in [6.07, 6.45) is 2.35. The SMILES string of the molecule is CN1CCC(CN)(N2CC(C)(C)OC(C)(C)C2)CC1. The van der Waals surface area contributed by atoms with Crippen molar-refractivity contribution in [3.8, 4) is 0 Å². The van der Waals surface area contributed by atoms with E-state index in [0.717, 1.165) is 32.7 Å². The van der Waals surface area contributed by atoms with Crippen molar-refractivity contribution in [1.82, 2.24) is 9.80 Å². The van der Waals surface area contributed by atoms with Crippen LogP contribution < -0.4 is 5.73 Å². The molecule has 0 aromatic rings. The number of nitrogens with two attached hydrogens (primary N) is 1. The summed E-state index contributed by atoms with van der Waals surface area (Å²) < 4.78 is 6.20. The number of hydrogen-bond acceptors (Lipinski definition) is 4. The summed E-state index contributed by atoms with van der Waals surface area (Å²) in [5.74, 6) is 0. The topological polar surface area (TPSA) is 41.7 Å². The van der Waals surface area contributed by atoms with E-state index in [1.165, 1.54) is 12.8 Å². The maximum Gasteiger partial charge on any atom is 0.0761 e. The molecule has 0 aromatic carbocycles. The zero-order valence-corrected chi connectivity index (χ0v) is 13.3. The molecule has 0 spiro atoms. The van der Waals surface area contributed by atoms with Crippen LogP contribution in [0.25, 0.3) is 0 Å². The van der Waals surface area contributed by atoms with Crippen LogP contribution in [0.5, 0.6) is 0 Å². The van der Waals surface area contributed by atoms with E-state index in [0.29, 0.717) is 0 Å². The predicted molar refractivity (Wildman–Crippen MR) is 79.3 cm³/mol.